The maximum absolute atomic E-state index is 12.3. The van der Waals surface area contributed by atoms with Crippen LogP contribution in [0.15, 0.2) is 23.7 Å². The lowest BCUT2D eigenvalue weighted by molar-refractivity contribution is -0.145. The minimum atomic E-state index is -0.476. The van der Waals surface area contributed by atoms with Gasteiger partial charge in [0.15, 0.2) is 0 Å². The van der Waals surface area contributed by atoms with Crippen LogP contribution in [0.25, 0.3) is 0 Å². The number of nitrogens with one attached hydrogen (secondary N) is 1. The number of aryl methyl sites for hydroxylation is 2. The number of rotatable bonds is 7. The zero-order chi connectivity index (χ0) is 15.2. The molecule has 0 spiro atoms. The number of ether oxygens (including phenoxy) is 1. The van der Waals surface area contributed by atoms with Crippen molar-refractivity contribution in [2.45, 2.75) is 32.9 Å². The molecule has 0 saturated carbocycles. The van der Waals surface area contributed by atoms with Gasteiger partial charge in [0.2, 0.25) is 0 Å². The van der Waals surface area contributed by atoms with Crippen molar-refractivity contribution in [2.75, 3.05) is 6.61 Å². The first-order valence-corrected chi connectivity index (χ1v) is 7.98. The first-order valence-electron chi connectivity index (χ1n) is 7.10. The number of carbonyl (C=O) groups is 1. The Morgan fingerprint density at radius 1 is 1.52 bits per heavy atom. The third-order valence-electron chi connectivity index (χ3n) is 3.17. The largest absolute Gasteiger partial charge is 0.465 e. The van der Waals surface area contributed by atoms with E-state index in [2.05, 4.69) is 10.4 Å². The minimum Gasteiger partial charge on any atom is -0.465 e. The van der Waals surface area contributed by atoms with Gasteiger partial charge in [-0.25, -0.2) is 4.79 Å². The number of esters is 1. The average molecular weight is 307 g/mol. The first-order chi connectivity index (χ1) is 10.2. The highest BCUT2D eigenvalue weighted by atomic mass is 32.1. The Morgan fingerprint density at radius 2 is 2.33 bits per heavy atom. The Bertz CT molecular complexity index is 578. The van der Waals surface area contributed by atoms with E-state index in [1.165, 1.54) is 4.88 Å². The molecule has 0 saturated heterocycles. The van der Waals surface area contributed by atoms with Crippen LogP contribution in [0.1, 0.15) is 36.0 Å². The minimum absolute atomic E-state index is 0.253. The second-order valence-electron chi connectivity index (χ2n) is 4.70. The fraction of sp³-hybridized carbons (Fsp3) is 0.467. The van der Waals surface area contributed by atoms with E-state index in [0.717, 1.165) is 17.7 Å². The molecule has 0 aromatic carbocycles. The van der Waals surface area contributed by atoms with Crippen LogP contribution in [0.5, 0.6) is 0 Å². The molecule has 0 aliphatic carbocycles. The van der Waals surface area contributed by atoms with Gasteiger partial charge in [0.1, 0.15) is 6.04 Å². The molecule has 0 fully saturated rings. The predicted octanol–water partition coefficient (Wildman–Crippen LogP) is 2.44. The molecule has 5 nitrogen and oxygen atoms in total. The lowest BCUT2D eigenvalue weighted by Crippen LogP contribution is -2.30. The van der Waals surface area contributed by atoms with Gasteiger partial charge >= 0.3 is 5.97 Å². The normalized spacial score (nSPS) is 12.3. The number of thiophene rings is 1. The van der Waals surface area contributed by atoms with Crippen LogP contribution in [0.3, 0.4) is 0 Å². The summed E-state index contributed by atoms with van der Waals surface area (Å²) in [6.45, 7) is 4.86. The summed E-state index contributed by atoms with van der Waals surface area (Å²) in [5, 5.41) is 9.73. The van der Waals surface area contributed by atoms with Crippen LogP contribution < -0.4 is 5.32 Å². The second-order valence-corrected chi connectivity index (χ2v) is 5.74. The second kappa shape index (κ2) is 7.38. The van der Waals surface area contributed by atoms with Crippen molar-refractivity contribution in [3.05, 3.63) is 39.8 Å². The molecule has 0 aliphatic heterocycles. The van der Waals surface area contributed by atoms with Crippen LogP contribution in [0, 0.1) is 0 Å². The topological polar surface area (TPSA) is 56.1 Å². The molecule has 0 radical (unpaired) electrons. The lowest BCUT2D eigenvalue weighted by atomic mass is 10.1. The third-order valence-corrected chi connectivity index (χ3v) is 4.04. The summed E-state index contributed by atoms with van der Waals surface area (Å²) in [6.07, 6.45) is 2.68. The molecule has 114 valence electrons. The standard InChI is InChI=1S/C15H21N3O2S/c1-4-13-12(10-18(3)17-13)14(15(19)20-5-2)16-9-11-7-6-8-21-11/h6-8,10,14,16H,4-5,9H2,1-3H3. The number of hydrogen-bond donors (Lipinski definition) is 1. The predicted molar refractivity (Wildman–Crippen MR) is 83.1 cm³/mol. The van der Waals surface area contributed by atoms with Crippen molar-refractivity contribution >= 4 is 17.3 Å². The molecule has 6 heteroatoms. The van der Waals surface area contributed by atoms with Gasteiger partial charge in [0, 0.05) is 30.2 Å². The molecule has 2 aromatic heterocycles. The van der Waals surface area contributed by atoms with Crippen molar-refractivity contribution in [1.82, 2.24) is 15.1 Å². The molecule has 1 N–H and O–H groups in total. The van der Waals surface area contributed by atoms with E-state index in [4.69, 9.17) is 4.74 Å². The van der Waals surface area contributed by atoms with Gasteiger partial charge in [-0.2, -0.15) is 5.10 Å². The van der Waals surface area contributed by atoms with Crippen molar-refractivity contribution in [2.24, 2.45) is 7.05 Å². The highest BCUT2D eigenvalue weighted by Crippen LogP contribution is 2.20. The van der Waals surface area contributed by atoms with Gasteiger partial charge in [0.25, 0.3) is 0 Å². The summed E-state index contributed by atoms with van der Waals surface area (Å²) in [7, 11) is 1.87. The maximum Gasteiger partial charge on any atom is 0.327 e. The molecule has 0 amide bonds. The molecular formula is C15H21N3O2S. The van der Waals surface area contributed by atoms with E-state index in [1.54, 1.807) is 16.0 Å². The van der Waals surface area contributed by atoms with Crippen LogP contribution in [-0.4, -0.2) is 22.4 Å². The van der Waals surface area contributed by atoms with E-state index in [1.807, 2.05) is 44.6 Å². The van der Waals surface area contributed by atoms with Gasteiger partial charge in [-0.15, -0.1) is 11.3 Å². The summed E-state index contributed by atoms with van der Waals surface area (Å²) < 4.78 is 6.95. The van der Waals surface area contributed by atoms with Crippen molar-refractivity contribution in [3.8, 4) is 0 Å². The summed E-state index contributed by atoms with van der Waals surface area (Å²) in [5.41, 5.74) is 1.82. The van der Waals surface area contributed by atoms with E-state index >= 15 is 0 Å². The quantitative estimate of drug-likeness (QED) is 0.798. The van der Waals surface area contributed by atoms with Crippen LogP contribution in [0.2, 0.25) is 0 Å². The number of hydrogen-bond acceptors (Lipinski definition) is 5. The zero-order valence-electron chi connectivity index (χ0n) is 12.6. The number of carbonyl (C=O) groups excluding carboxylic acids is 1. The molecule has 2 aromatic rings. The molecule has 0 bridgehead atoms. The van der Waals surface area contributed by atoms with Gasteiger partial charge in [0.05, 0.1) is 12.3 Å². The fourth-order valence-electron chi connectivity index (χ4n) is 2.23. The summed E-state index contributed by atoms with van der Waals surface area (Å²) in [5.74, 6) is -0.253. The Kier molecular flexibility index (Phi) is 5.52. The van der Waals surface area contributed by atoms with E-state index in [9.17, 15) is 4.79 Å². The summed E-state index contributed by atoms with van der Waals surface area (Å²) in [4.78, 5) is 13.4. The van der Waals surface area contributed by atoms with Gasteiger partial charge in [-0.3, -0.25) is 10.00 Å². The molecule has 1 unspecified atom stereocenters. The molecule has 1 atom stereocenters. The summed E-state index contributed by atoms with van der Waals surface area (Å²) >= 11 is 1.66. The highest BCUT2D eigenvalue weighted by Gasteiger charge is 2.25. The molecular weight excluding hydrogens is 286 g/mol. The molecule has 21 heavy (non-hydrogen) atoms. The third kappa shape index (κ3) is 3.92. The molecule has 0 aliphatic rings. The highest BCUT2D eigenvalue weighted by molar-refractivity contribution is 7.09. The Labute approximate surface area is 128 Å². The average Bonchev–Trinajstić information content (AvgIpc) is 3.09. The fourth-order valence-corrected chi connectivity index (χ4v) is 2.89. The van der Waals surface area contributed by atoms with Crippen molar-refractivity contribution < 1.29 is 9.53 Å². The van der Waals surface area contributed by atoms with Gasteiger partial charge in [-0.1, -0.05) is 13.0 Å². The Morgan fingerprint density at radius 3 is 2.95 bits per heavy atom. The Balaban J connectivity index is 2.20. The van der Waals surface area contributed by atoms with E-state index in [-0.39, 0.29) is 5.97 Å². The number of aromatic nitrogens is 2. The first kappa shape index (κ1) is 15.7. The van der Waals surface area contributed by atoms with Crippen molar-refractivity contribution in [3.63, 3.8) is 0 Å². The van der Waals surface area contributed by atoms with Crippen molar-refractivity contribution in [1.29, 1.82) is 0 Å². The Hall–Kier alpha value is -1.66. The van der Waals surface area contributed by atoms with E-state index < -0.39 is 6.04 Å². The monoisotopic (exact) mass is 307 g/mol. The van der Waals surface area contributed by atoms with Gasteiger partial charge in [-0.05, 0) is 24.8 Å². The molecule has 2 heterocycles. The lowest BCUT2D eigenvalue weighted by Gasteiger charge is -2.16. The van der Waals surface area contributed by atoms with Gasteiger partial charge < -0.3 is 4.74 Å². The SMILES string of the molecule is CCOC(=O)C(NCc1cccs1)c1cn(C)nc1CC. The van der Waals surface area contributed by atoms with Crippen LogP contribution in [-0.2, 0) is 29.5 Å². The summed E-state index contributed by atoms with van der Waals surface area (Å²) in [6, 6.07) is 3.57. The zero-order valence-corrected chi connectivity index (χ0v) is 13.4. The smallest absolute Gasteiger partial charge is 0.327 e. The van der Waals surface area contributed by atoms with Crippen LogP contribution >= 0.6 is 11.3 Å². The van der Waals surface area contributed by atoms with E-state index in [0.29, 0.717) is 13.2 Å². The van der Waals surface area contributed by atoms with Crippen LogP contribution in [0.4, 0.5) is 0 Å². The number of nitrogens with zero attached hydrogens (tertiary/aromatic N) is 2. The maximum atomic E-state index is 12.3. The molecule has 2 rings (SSSR count).